The Hall–Kier alpha value is -0.770. The molecule has 0 bridgehead atoms. The zero-order chi connectivity index (χ0) is 12.8. The maximum atomic E-state index is 11.2. The second-order valence-corrected chi connectivity index (χ2v) is 4.76. The Labute approximate surface area is 111 Å². The highest BCUT2D eigenvalue weighted by Crippen LogP contribution is 2.21. The van der Waals surface area contributed by atoms with Gasteiger partial charge in [-0.2, -0.15) is 0 Å². The van der Waals surface area contributed by atoms with Gasteiger partial charge in [-0.25, -0.2) is 0 Å². The fourth-order valence-corrected chi connectivity index (χ4v) is 1.88. The van der Waals surface area contributed by atoms with E-state index in [9.17, 15) is 4.79 Å². The summed E-state index contributed by atoms with van der Waals surface area (Å²) >= 11 is 11.8. The predicted molar refractivity (Wildman–Crippen MR) is 71.4 cm³/mol. The lowest BCUT2D eigenvalue weighted by Gasteiger charge is -2.08. The van der Waals surface area contributed by atoms with E-state index in [1.807, 2.05) is 12.1 Å². The van der Waals surface area contributed by atoms with Crippen LogP contribution in [-0.2, 0) is 11.2 Å². The van der Waals surface area contributed by atoms with Crippen LogP contribution in [0.5, 0.6) is 0 Å². The molecule has 17 heavy (non-hydrogen) atoms. The molecule has 0 aliphatic carbocycles. The number of benzene rings is 1. The van der Waals surface area contributed by atoms with Crippen LogP contribution in [0.15, 0.2) is 18.2 Å². The van der Waals surface area contributed by atoms with E-state index in [0.29, 0.717) is 16.6 Å². The van der Waals surface area contributed by atoms with Crippen LogP contribution in [0.3, 0.4) is 0 Å². The number of hydrogen-bond donors (Lipinski definition) is 2. The van der Waals surface area contributed by atoms with Crippen molar-refractivity contribution in [2.24, 2.45) is 5.73 Å². The minimum atomic E-state index is -0.464. The third-order valence-corrected chi connectivity index (χ3v) is 2.94. The normalized spacial score (nSPS) is 12.2. The van der Waals surface area contributed by atoms with Crippen molar-refractivity contribution in [3.05, 3.63) is 33.8 Å². The Kier molecular flexibility index (Phi) is 5.75. The molecule has 0 saturated carbocycles. The molecule has 3 N–H and O–H groups in total. The number of carbonyl (C=O) groups excluding carboxylic acids is 1. The molecule has 5 heteroatoms. The molecule has 0 aliphatic rings. The first kappa shape index (κ1) is 14.3. The Balaban J connectivity index is 2.34. The Bertz CT molecular complexity index is 394. The van der Waals surface area contributed by atoms with Gasteiger partial charge in [0, 0.05) is 16.6 Å². The first-order valence-corrected chi connectivity index (χ1v) is 6.23. The molecular formula is C12H16Cl2N2O. The summed E-state index contributed by atoms with van der Waals surface area (Å²) < 4.78 is 0. The molecule has 0 fully saturated rings. The molecule has 1 atom stereocenters. The van der Waals surface area contributed by atoms with E-state index < -0.39 is 6.04 Å². The molecule has 1 amide bonds. The third kappa shape index (κ3) is 4.94. The van der Waals surface area contributed by atoms with Crippen molar-refractivity contribution in [3.63, 3.8) is 0 Å². The zero-order valence-corrected chi connectivity index (χ0v) is 11.2. The van der Waals surface area contributed by atoms with Crippen molar-refractivity contribution in [3.8, 4) is 0 Å². The topological polar surface area (TPSA) is 55.1 Å². The van der Waals surface area contributed by atoms with Crippen LogP contribution in [0.4, 0.5) is 0 Å². The highest BCUT2D eigenvalue weighted by atomic mass is 35.5. The average Bonchev–Trinajstić information content (AvgIpc) is 2.26. The van der Waals surface area contributed by atoms with Gasteiger partial charge in [-0.15, -0.1) is 0 Å². The highest BCUT2D eigenvalue weighted by molar-refractivity contribution is 6.35. The fraction of sp³-hybridized carbons (Fsp3) is 0.417. The largest absolute Gasteiger partial charge is 0.355 e. The van der Waals surface area contributed by atoms with Crippen molar-refractivity contribution in [2.75, 3.05) is 6.54 Å². The van der Waals surface area contributed by atoms with Gasteiger partial charge in [0.05, 0.1) is 6.04 Å². The van der Waals surface area contributed by atoms with Crippen LogP contribution < -0.4 is 11.1 Å². The zero-order valence-electron chi connectivity index (χ0n) is 9.67. The number of nitrogens with two attached hydrogens (primary N) is 1. The molecule has 0 radical (unpaired) electrons. The number of nitrogens with one attached hydrogen (secondary N) is 1. The molecule has 1 aromatic rings. The minimum Gasteiger partial charge on any atom is -0.355 e. The van der Waals surface area contributed by atoms with E-state index in [2.05, 4.69) is 5.32 Å². The SMILES string of the molecule is C[C@H](N)C(=O)NCCCc1ccc(Cl)cc1Cl. The fourth-order valence-electron chi connectivity index (χ4n) is 1.38. The highest BCUT2D eigenvalue weighted by Gasteiger charge is 2.06. The van der Waals surface area contributed by atoms with Gasteiger partial charge in [0.1, 0.15) is 0 Å². The molecule has 1 rings (SSSR count). The second kappa shape index (κ2) is 6.84. The summed E-state index contributed by atoms with van der Waals surface area (Å²) in [4.78, 5) is 11.2. The maximum absolute atomic E-state index is 11.2. The molecule has 0 aliphatic heterocycles. The van der Waals surface area contributed by atoms with Gasteiger partial charge < -0.3 is 11.1 Å². The summed E-state index contributed by atoms with van der Waals surface area (Å²) in [6, 6.07) is 4.97. The van der Waals surface area contributed by atoms with Crippen LogP contribution in [-0.4, -0.2) is 18.5 Å². The van der Waals surface area contributed by atoms with Crippen LogP contribution in [0.25, 0.3) is 0 Å². The number of carbonyl (C=O) groups is 1. The van der Waals surface area contributed by atoms with E-state index in [-0.39, 0.29) is 5.91 Å². The van der Waals surface area contributed by atoms with Crippen LogP contribution in [0.2, 0.25) is 10.0 Å². The summed E-state index contributed by atoms with van der Waals surface area (Å²) in [6.07, 6.45) is 1.62. The van der Waals surface area contributed by atoms with Crippen molar-refractivity contribution in [2.45, 2.75) is 25.8 Å². The average molecular weight is 275 g/mol. The molecule has 3 nitrogen and oxygen atoms in total. The first-order valence-electron chi connectivity index (χ1n) is 5.48. The summed E-state index contributed by atoms with van der Waals surface area (Å²) in [6.45, 7) is 2.25. The quantitative estimate of drug-likeness (QED) is 0.811. The van der Waals surface area contributed by atoms with Gasteiger partial charge in [0.15, 0.2) is 0 Å². The first-order chi connectivity index (χ1) is 8.00. The lowest BCUT2D eigenvalue weighted by atomic mass is 10.1. The molecule has 1 aromatic carbocycles. The Morgan fingerprint density at radius 3 is 2.76 bits per heavy atom. The van der Waals surface area contributed by atoms with E-state index in [0.717, 1.165) is 18.4 Å². The van der Waals surface area contributed by atoms with Crippen LogP contribution in [0.1, 0.15) is 18.9 Å². The number of hydrogen-bond acceptors (Lipinski definition) is 2. The molecule has 0 heterocycles. The summed E-state index contributed by atoms with van der Waals surface area (Å²) in [5.41, 5.74) is 6.46. The molecule has 94 valence electrons. The minimum absolute atomic E-state index is 0.132. The molecule has 0 saturated heterocycles. The van der Waals surface area contributed by atoms with Gasteiger partial charge in [0.2, 0.25) is 5.91 Å². The Morgan fingerprint density at radius 2 is 2.18 bits per heavy atom. The monoisotopic (exact) mass is 274 g/mol. The summed E-state index contributed by atoms with van der Waals surface area (Å²) in [5.74, 6) is -0.132. The number of aryl methyl sites for hydroxylation is 1. The summed E-state index contributed by atoms with van der Waals surface area (Å²) in [7, 11) is 0. The van der Waals surface area contributed by atoms with Crippen molar-refractivity contribution in [1.29, 1.82) is 0 Å². The second-order valence-electron chi connectivity index (χ2n) is 3.92. The van der Waals surface area contributed by atoms with Gasteiger partial charge in [-0.3, -0.25) is 4.79 Å². The lowest BCUT2D eigenvalue weighted by molar-refractivity contribution is -0.121. The standard InChI is InChI=1S/C12H16Cl2N2O/c1-8(15)12(17)16-6-2-3-9-4-5-10(13)7-11(9)14/h4-5,7-8H,2-3,6,15H2,1H3,(H,16,17)/t8-/m0/s1. The number of rotatable bonds is 5. The smallest absolute Gasteiger partial charge is 0.236 e. The van der Waals surface area contributed by atoms with Crippen molar-refractivity contribution >= 4 is 29.1 Å². The van der Waals surface area contributed by atoms with Crippen molar-refractivity contribution < 1.29 is 4.79 Å². The van der Waals surface area contributed by atoms with Gasteiger partial charge >= 0.3 is 0 Å². The predicted octanol–water partition coefficient (Wildman–Crippen LogP) is 2.39. The van der Waals surface area contributed by atoms with Crippen molar-refractivity contribution in [1.82, 2.24) is 5.32 Å². The van der Waals surface area contributed by atoms with Gasteiger partial charge in [-0.05, 0) is 37.5 Å². The van der Waals surface area contributed by atoms with Crippen LogP contribution >= 0.6 is 23.2 Å². The molecule has 0 unspecified atom stereocenters. The summed E-state index contributed by atoms with van der Waals surface area (Å²) in [5, 5.41) is 4.04. The van der Waals surface area contributed by atoms with E-state index in [1.54, 1.807) is 13.0 Å². The maximum Gasteiger partial charge on any atom is 0.236 e. The van der Waals surface area contributed by atoms with E-state index in [1.165, 1.54) is 0 Å². The lowest BCUT2D eigenvalue weighted by Crippen LogP contribution is -2.38. The number of halogens is 2. The molecule has 0 aromatic heterocycles. The Morgan fingerprint density at radius 1 is 1.47 bits per heavy atom. The van der Waals surface area contributed by atoms with E-state index in [4.69, 9.17) is 28.9 Å². The third-order valence-electron chi connectivity index (χ3n) is 2.35. The number of amides is 1. The van der Waals surface area contributed by atoms with Gasteiger partial charge in [0.25, 0.3) is 0 Å². The molecule has 0 spiro atoms. The molecular weight excluding hydrogens is 259 g/mol. The van der Waals surface area contributed by atoms with E-state index >= 15 is 0 Å². The van der Waals surface area contributed by atoms with Crippen LogP contribution in [0, 0.1) is 0 Å². The van der Waals surface area contributed by atoms with Gasteiger partial charge in [-0.1, -0.05) is 29.3 Å².